The van der Waals surface area contributed by atoms with Gasteiger partial charge in [-0.15, -0.1) is 6.42 Å². The van der Waals surface area contributed by atoms with Crippen molar-refractivity contribution >= 4 is 9.84 Å². The molecule has 3 nitrogen and oxygen atoms in total. The summed E-state index contributed by atoms with van der Waals surface area (Å²) in [5.41, 5.74) is -0.300. The number of sulfone groups is 1. The molecule has 4 heteroatoms. The molecule has 0 aromatic rings. The lowest BCUT2D eigenvalue weighted by molar-refractivity contribution is 0.420. The van der Waals surface area contributed by atoms with Crippen LogP contribution in [0.4, 0.5) is 0 Å². The topological polar surface area (TPSA) is 46.2 Å². The maximum atomic E-state index is 11.1. The highest BCUT2D eigenvalue weighted by Gasteiger charge is 2.37. The van der Waals surface area contributed by atoms with Crippen LogP contribution in [0, 0.1) is 12.3 Å². The molecule has 12 heavy (non-hydrogen) atoms. The SMILES string of the molecule is C#CCNC1(C)CCS(=O)(=O)C1. The van der Waals surface area contributed by atoms with Crippen LogP contribution in [0.2, 0.25) is 0 Å². The Balaban J connectivity index is 2.60. The van der Waals surface area contributed by atoms with Crippen LogP contribution in [-0.4, -0.2) is 32.0 Å². The van der Waals surface area contributed by atoms with E-state index in [1.807, 2.05) is 6.92 Å². The van der Waals surface area contributed by atoms with Gasteiger partial charge >= 0.3 is 0 Å². The highest BCUT2D eigenvalue weighted by molar-refractivity contribution is 7.91. The first-order chi connectivity index (χ1) is 5.47. The zero-order valence-electron chi connectivity index (χ0n) is 7.13. The van der Waals surface area contributed by atoms with Crippen molar-refractivity contribution in [2.45, 2.75) is 18.9 Å². The van der Waals surface area contributed by atoms with Crippen LogP contribution in [0.3, 0.4) is 0 Å². The lowest BCUT2D eigenvalue weighted by Gasteiger charge is -2.22. The third-order valence-electron chi connectivity index (χ3n) is 2.12. The summed E-state index contributed by atoms with van der Waals surface area (Å²) in [6, 6.07) is 0. The Morgan fingerprint density at radius 2 is 2.33 bits per heavy atom. The van der Waals surface area contributed by atoms with Gasteiger partial charge in [0.25, 0.3) is 0 Å². The van der Waals surface area contributed by atoms with Gasteiger partial charge in [-0.3, -0.25) is 5.32 Å². The van der Waals surface area contributed by atoms with Crippen LogP contribution in [0.25, 0.3) is 0 Å². The smallest absolute Gasteiger partial charge is 0.152 e. The average molecular weight is 187 g/mol. The number of hydrogen-bond donors (Lipinski definition) is 1. The zero-order chi connectivity index (χ0) is 9.24. The van der Waals surface area contributed by atoms with E-state index in [-0.39, 0.29) is 17.0 Å². The van der Waals surface area contributed by atoms with Gasteiger partial charge in [-0.25, -0.2) is 8.42 Å². The molecular weight excluding hydrogens is 174 g/mol. The Kier molecular flexibility index (Phi) is 2.45. The minimum Gasteiger partial charge on any atom is -0.300 e. The van der Waals surface area contributed by atoms with Gasteiger partial charge in [0.05, 0.1) is 18.1 Å². The summed E-state index contributed by atoms with van der Waals surface area (Å²) in [7, 11) is -2.82. The van der Waals surface area contributed by atoms with E-state index in [0.717, 1.165) is 0 Å². The van der Waals surface area contributed by atoms with Crippen molar-refractivity contribution in [3.63, 3.8) is 0 Å². The Hall–Kier alpha value is -0.530. The second-order valence-corrected chi connectivity index (χ2v) is 5.64. The molecule has 1 rings (SSSR count). The summed E-state index contributed by atoms with van der Waals surface area (Å²) in [6.07, 6.45) is 5.73. The van der Waals surface area contributed by atoms with E-state index in [4.69, 9.17) is 6.42 Å². The fourth-order valence-electron chi connectivity index (χ4n) is 1.41. The first-order valence-corrected chi connectivity index (χ1v) is 5.68. The molecule has 1 aliphatic rings. The molecule has 0 aromatic heterocycles. The molecule has 1 fully saturated rings. The predicted molar refractivity (Wildman–Crippen MR) is 48.5 cm³/mol. The summed E-state index contributed by atoms with van der Waals surface area (Å²) < 4.78 is 22.2. The molecule has 68 valence electrons. The van der Waals surface area contributed by atoms with Crippen LogP contribution in [-0.2, 0) is 9.84 Å². The van der Waals surface area contributed by atoms with Crippen molar-refractivity contribution in [3.8, 4) is 12.3 Å². The van der Waals surface area contributed by atoms with Crippen LogP contribution in [0.15, 0.2) is 0 Å². The van der Waals surface area contributed by atoms with E-state index in [0.29, 0.717) is 13.0 Å². The van der Waals surface area contributed by atoms with E-state index >= 15 is 0 Å². The van der Waals surface area contributed by atoms with Crippen LogP contribution in [0.1, 0.15) is 13.3 Å². The number of rotatable bonds is 2. The molecule has 0 bridgehead atoms. The van der Waals surface area contributed by atoms with Crippen molar-refractivity contribution in [1.82, 2.24) is 5.32 Å². The quantitative estimate of drug-likeness (QED) is 0.608. The maximum absolute atomic E-state index is 11.1. The van der Waals surface area contributed by atoms with Gasteiger partial charge in [-0.2, -0.15) is 0 Å². The predicted octanol–water partition coefficient (Wildman–Crippen LogP) is -0.214. The average Bonchev–Trinajstić information content (AvgIpc) is 2.23. The second kappa shape index (κ2) is 3.08. The highest BCUT2D eigenvalue weighted by Crippen LogP contribution is 2.22. The molecule has 1 atom stereocenters. The highest BCUT2D eigenvalue weighted by atomic mass is 32.2. The molecule has 0 radical (unpaired) electrons. The van der Waals surface area contributed by atoms with Gasteiger partial charge in [0.1, 0.15) is 0 Å². The lowest BCUT2D eigenvalue weighted by atomic mass is 10.0. The molecule has 0 aliphatic carbocycles. The van der Waals surface area contributed by atoms with Crippen LogP contribution in [0.5, 0.6) is 0 Å². The van der Waals surface area contributed by atoms with Gasteiger partial charge in [-0.05, 0) is 13.3 Å². The summed E-state index contributed by atoms with van der Waals surface area (Å²) in [5.74, 6) is 2.93. The molecule has 0 saturated carbocycles. The third-order valence-corrected chi connectivity index (χ3v) is 4.02. The fraction of sp³-hybridized carbons (Fsp3) is 0.750. The zero-order valence-corrected chi connectivity index (χ0v) is 7.95. The molecule has 1 aliphatic heterocycles. The lowest BCUT2D eigenvalue weighted by Crippen LogP contribution is -2.43. The van der Waals surface area contributed by atoms with E-state index in [1.165, 1.54) is 0 Å². The van der Waals surface area contributed by atoms with Crippen molar-refractivity contribution in [2.75, 3.05) is 18.1 Å². The van der Waals surface area contributed by atoms with Crippen LogP contribution < -0.4 is 5.32 Å². The van der Waals surface area contributed by atoms with Crippen LogP contribution >= 0.6 is 0 Å². The molecular formula is C8H13NO2S. The second-order valence-electron chi connectivity index (χ2n) is 3.46. The molecule has 1 heterocycles. The van der Waals surface area contributed by atoms with E-state index in [1.54, 1.807) is 0 Å². The molecule has 1 saturated heterocycles. The molecule has 1 N–H and O–H groups in total. The van der Waals surface area contributed by atoms with Gasteiger partial charge < -0.3 is 0 Å². The number of hydrogen-bond acceptors (Lipinski definition) is 3. The Morgan fingerprint density at radius 3 is 2.75 bits per heavy atom. The fourth-order valence-corrected chi connectivity index (χ4v) is 3.54. The Labute approximate surface area is 73.5 Å². The van der Waals surface area contributed by atoms with E-state index in [2.05, 4.69) is 11.2 Å². The van der Waals surface area contributed by atoms with E-state index < -0.39 is 9.84 Å². The van der Waals surface area contributed by atoms with Gasteiger partial charge in [0, 0.05) is 5.54 Å². The van der Waals surface area contributed by atoms with Crippen molar-refractivity contribution in [2.24, 2.45) is 0 Å². The van der Waals surface area contributed by atoms with Gasteiger partial charge in [-0.1, -0.05) is 5.92 Å². The number of nitrogens with one attached hydrogen (secondary N) is 1. The summed E-state index contributed by atoms with van der Waals surface area (Å²) >= 11 is 0. The number of terminal acetylenes is 1. The standard InChI is InChI=1S/C8H13NO2S/c1-3-5-9-8(2)4-6-12(10,11)7-8/h1,9H,4-7H2,2H3. The van der Waals surface area contributed by atoms with Gasteiger partial charge in [0.2, 0.25) is 0 Å². The minimum absolute atomic E-state index is 0.210. The van der Waals surface area contributed by atoms with E-state index in [9.17, 15) is 8.42 Å². The van der Waals surface area contributed by atoms with Crippen molar-refractivity contribution in [1.29, 1.82) is 0 Å². The minimum atomic E-state index is -2.82. The Bertz CT molecular complexity index is 302. The summed E-state index contributed by atoms with van der Waals surface area (Å²) in [6.45, 7) is 2.33. The summed E-state index contributed by atoms with van der Waals surface area (Å²) in [5, 5.41) is 3.05. The normalized spacial score (nSPS) is 33.0. The summed E-state index contributed by atoms with van der Waals surface area (Å²) in [4.78, 5) is 0. The molecule has 0 aromatic carbocycles. The van der Waals surface area contributed by atoms with Crippen molar-refractivity contribution < 1.29 is 8.42 Å². The molecule has 1 unspecified atom stereocenters. The largest absolute Gasteiger partial charge is 0.300 e. The first-order valence-electron chi connectivity index (χ1n) is 3.86. The van der Waals surface area contributed by atoms with Gasteiger partial charge in [0.15, 0.2) is 9.84 Å². The molecule has 0 spiro atoms. The third kappa shape index (κ3) is 2.23. The Morgan fingerprint density at radius 1 is 1.67 bits per heavy atom. The first kappa shape index (κ1) is 9.56. The molecule has 0 amide bonds. The monoisotopic (exact) mass is 187 g/mol. The van der Waals surface area contributed by atoms with Crippen molar-refractivity contribution in [3.05, 3.63) is 0 Å². The maximum Gasteiger partial charge on any atom is 0.152 e.